The molecule has 102 valence electrons. The number of hydrogen-bond donors (Lipinski definition) is 1. The van der Waals surface area contributed by atoms with Crippen LogP contribution in [-0.2, 0) is 6.54 Å². The van der Waals surface area contributed by atoms with Crippen molar-refractivity contribution >= 4 is 16.9 Å². The van der Waals surface area contributed by atoms with Crippen molar-refractivity contribution in [3.05, 3.63) is 53.3 Å². The van der Waals surface area contributed by atoms with Gasteiger partial charge in [0.25, 0.3) is 5.91 Å². The van der Waals surface area contributed by atoms with Crippen LogP contribution in [0, 0.1) is 13.8 Å². The van der Waals surface area contributed by atoms with Crippen molar-refractivity contribution in [2.45, 2.75) is 20.4 Å². The molecule has 2 aromatic heterocycles. The molecule has 20 heavy (non-hydrogen) atoms. The van der Waals surface area contributed by atoms with Gasteiger partial charge in [-0.25, -0.2) is 4.98 Å². The highest BCUT2D eigenvalue weighted by Gasteiger charge is 2.17. The summed E-state index contributed by atoms with van der Waals surface area (Å²) in [5.41, 5.74) is 8.53. The molecule has 2 heterocycles. The quantitative estimate of drug-likeness (QED) is 0.793. The van der Waals surface area contributed by atoms with Gasteiger partial charge in [-0.15, -0.1) is 0 Å². The molecule has 0 saturated heterocycles. The SMILES string of the molecule is Cc1oc2c(C(N)=O)ccc(Cn3ccnc3)c2c1C. The number of aryl methyl sites for hydroxylation is 2. The number of benzene rings is 1. The van der Waals surface area contributed by atoms with Gasteiger partial charge in [-0.05, 0) is 31.0 Å². The second-order valence-electron chi connectivity index (χ2n) is 4.86. The Morgan fingerprint density at radius 1 is 1.40 bits per heavy atom. The number of rotatable bonds is 3. The normalized spacial score (nSPS) is 11.1. The van der Waals surface area contributed by atoms with Gasteiger partial charge >= 0.3 is 0 Å². The van der Waals surface area contributed by atoms with E-state index in [4.69, 9.17) is 10.2 Å². The lowest BCUT2D eigenvalue weighted by Crippen LogP contribution is -2.11. The molecule has 0 unspecified atom stereocenters. The van der Waals surface area contributed by atoms with Gasteiger partial charge in [-0.3, -0.25) is 4.79 Å². The van der Waals surface area contributed by atoms with Crippen molar-refractivity contribution < 1.29 is 9.21 Å². The molecular weight excluding hydrogens is 254 g/mol. The van der Waals surface area contributed by atoms with Crippen molar-refractivity contribution in [1.29, 1.82) is 0 Å². The third kappa shape index (κ3) is 1.87. The van der Waals surface area contributed by atoms with Crippen molar-refractivity contribution in [2.24, 2.45) is 5.73 Å². The smallest absolute Gasteiger partial charge is 0.252 e. The molecule has 0 radical (unpaired) electrons. The highest BCUT2D eigenvalue weighted by Crippen LogP contribution is 2.31. The topological polar surface area (TPSA) is 74.0 Å². The van der Waals surface area contributed by atoms with E-state index in [0.29, 0.717) is 17.7 Å². The molecule has 5 nitrogen and oxygen atoms in total. The number of carbonyl (C=O) groups is 1. The number of nitrogens with zero attached hydrogens (tertiary/aromatic N) is 2. The number of aromatic nitrogens is 2. The molecule has 0 bridgehead atoms. The largest absolute Gasteiger partial charge is 0.460 e. The maximum atomic E-state index is 11.5. The summed E-state index contributed by atoms with van der Waals surface area (Å²) >= 11 is 0. The van der Waals surface area contributed by atoms with Crippen molar-refractivity contribution in [2.75, 3.05) is 0 Å². The van der Waals surface area contributed by atoms with E-state index >= 15 is 0 Å². The van der Waals surface area contributed by atoms with Gasteiger partial charge in [-0.1, -0.05) is 6.07 Å². The maximum absolute atomic E-state index is 11.5. The van der Waals surface area contributed by atoms with Crippen LogP contribution in [0.1, 0.15) is 27.2 Å². The van der Waals surface area contributed by atoms with Crippen LogP contribution in [0.3, 0.4) is 0 Å². The Morgan fingerprint density at radius 3 is 2.85 bits per heavy atom. The van der Waals surface area contributed by atoms with Crippen molar-refractivity contribution in [1.82, 2.24) is 9.55 Å². The summed E-state index contributed by atoms with van der Waals surface area (Å²) in [6.45, 7) is 4.56. The Labute approximate surface area is 116 Å². The summed E-state index contributed by atoms with van der Waals surface area (Å²) < 4.78 is 7.70. The average molecular weight is 269 g/mol. The average Bonchev–Trinajstić information content (AvgIpc) is 2.99. The predicted octanol–water partition coefficient (Wildman–Crippen LogP) is 2.39. The van der Waals surface area contributed by atoms with Crippen LogP contribution < -0.4 is 5.73 Å². The molecule has 0 aliphatic rings. The molecule has 0 aliphatic heterocycles. The van der Waals surface area contributed by atoms with Gasteiger partial charge in [-0.2, -0.15) is 0 Å². The molecule has 1 aromatic carbocycles. The molecule has 5 heteroatoms. The summed E-state index contributed by atoms with van der Waals surface area (Å²) in [5.74, 6) is 0.332. The van der Waals surface area contributed by atoms with Crippen LogP contribution in [0.15, 0.2) is 35.3 Å². The van der Waals surface area contributed by atoms with E-state index in [1.54, 1.807) is 18.6 Å². The fourth-order valence-corrected chi connectivity index (χ4v) is 2.45. The van der Waals surface area contributed by atoms with E-state index in [2.05, 4.69) is 4.98 Å². The molecule has 2 N–H and O–H groups in total. The Balaban J connectivity index is 2.23. The number of primary amides is 1. The van der Waals surface area contributed by atoms with Gasteiger partial charge in [0.2, 0.25) is 0 Å². The van der Waals surface area contributed by atoms with E-state index in [1.165, 1.54) is 0 Å². The first-order chi connectivity index (χ1) is 9.58. The lowest BCUT2D eigenvalue weighted by molar-refractivity contribution is 0.100. The van der Waals surface area contributed by atoms with E-state index in [-0.39, 0.29) is 0 Å². The molecule has 0 spiro atoms. The second-order valence-corrected chi connectivity index (χ2v) is 4.86. The highest BCUT2D eigenvalue weighted by molar-refractivity contribution is 6.05. The van der Waals surface area contributed by atoms with Gasteiger partial charge in [0.1, 0.15) is 11.3 Å². The van der Waals surface area contributed by atoms with Crippen LogP contribution in [-0.4, -0.2) is 15.5 Å². The van der Waals surface area contributed by atoms with Crippen LogP contribution >= 0.6 is 0 Å². The zero-order chi connectivity index (χ0) is 14.3. The van der Waals surface area contributed by atoms with Crippen LogP contribution in [0.5, 0.6) is 0 Å². The molecular formula is C15H15N3O2. The number of fused-ring (bicyclic) bond motifs is 1. The highest BCUT2D eigenvalue weighted by atomic mass is 16.3. The summed E-state index contributed by atoms with van der Waals surface area (Å²) in [4.78, 5) is 15.5. The van der Waals surface area contributed by atoms with Crippen LogP contribution in [0.2, 0.25) is 0 Å². The van der Waals surface area contributed by atoms with E-state index in [9.17, 15) is 4.79 Å². The molecule has 0 saturated carbocycles. The number of furan rings is 1. The Kier molecular flexibility index (Phi) is 2.82. The minimum atomic E-state index is -0.474. The van der Waals surface area contributed by atoms with Crippen LogP contribution in [0.25, 0.3) is 11.0 Å². The number of imidazole rings is 1. The van der Waals surface area contributed by atoms with Gasteiger partial charge in [0.05, 0.1) is 11.9 Å². The molecule has 3 aromatic rings. The van der Waals surface area contributed by atoms with E-state index < -0.39 is 5.91 Å². The fraction of sp³-hybridized carbons (Fsp3) is 0.200. The molecule has 0 aliphatic carbocycles. The monoisotopic (exact) mass is 269 g/mol. The Morgan fingerprint density at radius 2 is 2.20 bits per heavy atom. The van der Waals surface area contributed by atoms with Crippen molar-refractivity contribution in [3.8, 4) is 0 Å². The van der Waals surface area contributed by atoms with Crippen LogP contribution in [0.4, 0.5) is 0 Å². The first-order valence-electron chi connectivity index (χ1n) is 6.35. The third-order valence-electron chi connectivity index (χ3n) is 3.58. The minimum absolute atomic E-state index is 0.422. The lowest BCUT2D eigenvalue weighted by Gasteiger charge is -2.07. The maximum Gasteiger partial charge on any atom is 0.252 e. The lowest BCUT2D eigenvalue weighted by atomic mass is 10.0. The van der Waals surface area contributed by atoms with E-state index in [1.807, 2.05) is 30.7 Å². The second kappa shape index (κ2) is 4.52. The third-order valence-corrected chi connectivity index (χ3v) is 3.58. The minimum Gasteiger partial charge on any atom is -0.460 e. The first-order valence-corrected chi connectivity index (χ1v) is 6.35. The summed E-state index contributed by atoms with van der Waals surface area (Å²) in [5, 5.41) is 0.965. The molecule has 0 atom stereocenters. The van der Waals surface area contributed by atoms with Gasteiger partial charge < -0.3 is 14.7 Å². The summed E-state index contributed by atoms with van der Waals surface area (Å²) in [6, 6.07) is 3.64. The molecule has 3 rings (SSSR count). The number of amides is 1. The van der Waals surface area contributed by atoms with Gasteiger partial charge in [0, 0.05) is 24.3 Å². The summed E-state index contributed by atoms with van der Waals surface area (Å²) in [6.07, 6.45) is 5.40. The fourth-order valence-electron chi connectivity index (χ4n) is 2.45. The number of hydrogen-bond acceptors (Lipinski definition) is 3. The molecule has 0 fully saturated rings. The first kappa shape index (κ1) is 12.5. The number of carbonyl (C=O) groups excluding carboxylic acids is 1. The Bertz CT molecular complexity index is 785. The van der Waals surface area contributed by atoms with Crippen molar-refractivity contribution in [3.63, 3.8) is 0 Å². The Hall–Kier alpha value is -2.56. The zero-order valence-electron chi connectivity index (χ0n) is 11.4. The predicted molar refractivity (Wildman–Crippen MR) is 75.5 cm³/mol. The molecule has 1 amide bonds. The van der Waals surface area contributed by atoms with E-state index in [0.717, 1.165) is 22.3 Å². The van der Waals surface area contributed by atoms with Gasteiger partial charge in [0.15, 0.2) is 0 Å². The summed E-state index contributed by atoms with van der Waals surface area (Å²) in [7, 11) is 0. The number of nitrogens with two attached hydrogens (primary N) is 1. The standard InChI is InChI=1S/C15H15N3O2/c1-9-10(2)20-14-12(15(16)19)4-3-11(13(9)14)7-18-6-5-17-8-18/h3-6,8H,7H2,1-2H3,(H2,16,19). The zero-order valence-corrected chi connectivity index (χ0v) is 11.4.